The maximum absolute atomic E-state index is 5.48. The molecule has 0 amide bonds. The molecule has 2 N–H and O–H groups in total. The Morgan fingerprint density at radius 3 is 3.00 bits per heavy atom. The average molecular weight is 263 g/mol. The van der Waals surface area contributed by atoms with Crippen molar-refractivity contribution in [1.82, 2.24) is 10.7 Å². The number of hydrogen-bond acceptors (Lipinski definition) is 3. The highest BCUT2D eigenvalue weighted by molar-refractivity contribution is 7.80. The van der Waals surface area contributed by atoms with Crippen molar-refractivity contribution in [3.05, 3.63) is 42.5 Å². The fourth-order valence-corrected chi connectivity index (χ4v) is 1.38. The lowest BCUT2D eigenvalue weighted by Crippen LogP contribution is -2.31. The summed E-state index contributed by atoms with van der Waals surface area (Å²) in [6.07, 6.45) is 3.40. The topological polar surface area (TPSA) is 45.7 Å². The highest BCUT2D eigenvalue weighted by atomic mass is 32.1. The van der Waals surface area contributed by atoms with Crippen molar-refractivity contribution >= 4 is 23.5 Å². The van der Waals surface area contributed by atoms with Crippen molar-refractivity contribution in [1.29, 1.82) is 0 Å². The van der Waals surface area contributed by atoms with Gasteiger partial charge in [-0.1, -0.05) is 18.2 Å². The second-order valence-electron chi connectivity index (χ2n) is 3.34. The normalized spacial score (nSPS) is 10.1. The van der Waals surface area contributed by atoms with Crippen LogP contribution in [0.3, 0.4) is 0 Å². The van der Waals surface area contributed by atoms with Crippen LogP contribution in [0, 0.1) is 0 Å². The van der Waals surface area contributed by atoms with Gasteiger partial charge in [-0.05, 0) is 31.3 Å². The molecule has 0 unspecified atom stereocenters. The molecule has 0 atom stereocenters. The van der Waals surface area contributed by atoms with Crippen molar-refractivity contribution in [2.45, 2.75) is 6.92 Å². The van der Waals surface area contributed by atoms with Gasteiger partial charge in [-0.3, -0.25) is 5.43 Å². The number of para-hydroxylation sites is 1. The average Bonchev–Trinajstić information content (AvgIpc) is 2.38. The zero-order valence-corrected chi connectivity index (χ0v) is 11.2. The van der Waals surface area contributed by atoms with Gasteiger partial charge in [-0.15, -0.1) is 6.58 Å². The number of hydrazone groups is 1. The Labute approximate surface area is 113 Å². The van der Waals surface area contributed by atoms with Crippen molar-refractivity contribution in [2.24, 2.45) is 5.10 Å². The number of nitrogens with zero attached hydrogens (tertiary/aromatic N) is 1. The van der Waals surface area contributed by atoms with E-state index in [0.29, 0.717) is 18.3 Å². The van der Waals surface area contributed by atoms with Crippen LogP contribution in [0.1, 0.15) is 12.5 Å². The van der Waals surface area contributed by atoms with E-state index >= 15 is 0 Å². The molecule has 0 aromatic heterocycles. The first-order valence-electron chi connectivity index (χ1n) is 5.67. The molecule has 18 heavy (non-hydrogen) atoms. The van der Waals surface area contributed by atoms with Crippen molar-refractivity contribution in [3.63, 3.8) is 0 Å². The fourth-order valence-electron chi connectivity index (χ4n) is 1.24. The lowest BCUT2D eigenvalue weighted by atomic mass is 10.2. The van der Waals surface area contributed by atoms with Gasteiger partial charge in [0, 0.05) is 12.1 Å². The Hall–Kier alpha value is -1.88. The standard InChI is InChI=1S/C13H17N3OS/c1-3-9-14-13(18)16-15-10-11-7-5-6-8-12(11)17-4-2/h3,5-8,10H,1,4,9H2,2H3,(H2,14,16,18)/b15-10+. The summed E-state index contributed by atoms with van der Waals surface area (Å²) in [6.45, 7) is 6.76. The molecule has 0 spiro atoms. The van der Waals surface area contributed by atoms with Gasteiger partial charge in [0.15, 0.2) is 5.11 Å². The first-order chi connectivity index (χ1) is 8.77. The number of benzene rings is 1. The van der Waals surface area contributed by atoms with Crippen LogP contribution in [-0.4, -0.2) is 24.5 Å². The van der Waals surface area contributed by atoms with E-state index in [1.807, 2.05) is 31.2 Å². The predicted molar refractivity (Wildman–Crippen MR) is 79.1 cm³/mol. The number of thiocarbonyl (C=S) groups is 1. The van der Waals surface area contributed by atoms with E-state index in [2.05, 4.69) is 22.4 Å². The van der Waals surface area contributed by atoms with E-state index in [4.69, 9.17) is 17.0 Å². The van der Waals surface area contributed by atoms with Gasteiger partial charge in [-0.2, -0.15) is 5.10 Å². The molecule has 0 bridgehead atoms. The van der Waals surface area contributed by atoms with Crippen LogP contribution in [0.25, 0.3) is 0 Å². The van der Waals surface area contributed by atoms with Gasteiger partial charge in [0.25, 0.3) is 0 Å². The maximum atomic E-state index is 5.48. The van der Waals surface area contributed by atoms with E-state index in [9.17, 15) is 0 Å². The van der Waals surface area contributed by atoms with E-state index in [0.717, 1.165) is 11.3 Å². The fraction of sp³-hybridized carbons (Fsp3) is 0.231. The minimum absolute atomic E-state index is 0.458. The zero-order chi connectivity index (χ0) is 13.2. The molecule has 1 aromatic rings. The highest BCUT2D eigenvalue weighted by Gasteiger charge is 1.98. The Kier molecular flexibility index (Phi) is 6.50. The number of nitrogens with one attached hydrogen (secondary N) is 2. The Morgan fingerprint density at radius 1 is 1.50 bits per heavy atom. The molecule has 0 fully saturated rings. The molecule has 0 saturated carbocycles. The van der Waals surface area contributed by atoms with Crippen LogP contribution in [-0.2, 0) is 0 Å². The summed E-state index contributed by atoms with van der Waals surface area (Å²) in [5.74, 6) is 0.801. The van der Waals surface area contributed by atoms with E-state index in [1.54, 1.807) is 12.3 Å². The summed E-state index contributed by atoms with van der Waals surface area (Å²) < 4.78 is 5.48. The Morgan fingerprint density at radius 2 is 2.28 bits per heavy atom. The number of rotatable bonds is 6. The second-order valence-corrected chi connectivity index (χ2v) is 3.75. The third-order valence-corrected chi connectivity index (χ3v) is 2.23. The highest BCUT2D eigenvalue weighted by Crippen LogP contribution is 2.15. The molecule has 0 radical (unpaired) electrons. The molecule has 1 rings (SSSR count). The molecule has 0 aliphatic carbocycles. The molecule has 0 aliphatic heterocycles. The van der Waals surface area contributed by atoms with Gasteiger partial charge in [0.1, 0.15) is 5.75 Å². The van der Waals surface area contributed by atoms with Crippen LogP contribution in [0.5, 0.6) is 5.75 Å². The third kappa shape index (κ3) is 4.97. The van der Waals surface area contributed by atoms with Crippen molar-refractivity contribution < 1.29 is 4.74 Å². The summed E-state index contributed by atoms with van der Waals surface area (Å²) in [4.78, 5) is 0. The molecule has 1 aromatic carbocycles. The van der Waals surface area contributed by atoms with E-state index < -0.39 is 0 Å². The van der Waals surface area contributed by atoms with Gasteiger partial charge in [-0.25, -0.2) is 0 Å². The molecule has 0 heterocycles. The Bertz CT molecular complexity index is 432. The quantitative estimate of drug-likeness (QED) is 0.357. The van der Waals surface area contributed by atoms with Gasteiger partial charge in [0.2, 0.25) is 0 Å². The molecule has 0 saturated heterocycles. The summed E-state index contributed by atoms with van der Waals surface area (Å²) in [5, 5.41) is 7.42. The van der Waals surface area contributed by atoms with Crippen molar-refractivity contribution in [3.8, 4) is 5.75 Å². The summed E-state index contributed by atoms with van der Waals surface area (Å²) in [6, 6.07) is 7.68. The maximum Gasteiger partial charge on any atom is 0.187 e. The smallest absolute Gasteiger partial charge is 0.187 e. The van der Waals surface area contributed by atoms with Gasteiger partial charge >= 0.3 is 0 Å². The van der Waals surface area contributed by atoms with Crippen LogP contribution in [0.4, 0.5) is 0 Å². The minimum atomic E-state index is 0.458. The second kappa shape index (κ2) is 8.25. The summed E-state index contributed by atoms with van der Waals surface area (Å²) in [7, 11) is 0. The third-order valence-electron chi connectivity index (χ3n) is 2.00. The number of hydrogen-bond donors (Lipinski definition) is 2. The molecule has 96 valence electrons. The number of ether oxygens (including phenoxy) is 1. The molecule has 5 heteroatoms. The molecular weight excluding hydrogens is 246 g/mol. The van der Waals surface area contributed by atoms with Crippen LogP contribution in [0.2, 0.25) is 0 Å². The largest absolute Gasteiger partial charge is 0.493 e. The molecule has 0 aliphatic rings. The first-order valence-corrected chi connectivity index (χ1v) is 6.08. The van der Waals surface area contributed by atoms with E-state index in [1.165, 1.54) is 0 Å². The van der Waals surface area contributed by atoms with Crippen LogP contribution in [0.15, 0.2) is 42.0 Å². The predicted octanol–water partition coefficient (Wildman–Crippen LogP) is 2.07. The summed E-state index contributed by atoms with van der Waals surface area (Å²) in [5.41, 5.74) is 3.62. The molecule has 4 nitrogen and oxygen atoms in total. The monoisotopic (exact) mass is 263 g/mol. The van der Waals surface area contributed by atoms with Crippen LogP contribution >= 0.6 is 12.2 Å². The zero-order valence-electron chi connectivity index (χ0n) is 10.3. The Balaban J connectivity index is 2.55. The van der Waals surface area contributed by atoms with Crippen molar-refractivity contribution in [2.75, 3.05) is 13.2 Å². The first kappa shape index (κ1) is 14.2. The van der Waals surface area contributed by atoms with E-state index in [-0.39, 0.29) is 0 Å². The SMILES string of the molecule is C=CCNC(=S)N/N=C/c1ccccc1OCC. The minimum Gasteiger partial charge on any atom is -0.493 e. The summed E-state index contributed by atoms with van der Waals surface area (Å²) >= 11 is 5.00. The van der Waals surface area contributed by atoms with Gasteiger partial charge in [0.05, 0.1) is 12.8 Å². The van der Waals surface area contributed by atoms with Crippen LogP contribution < -0.4 is 15.5 Å². The lowest BCUT2D eigenvalue weighted by Gasteiger charge is -2.06. The lowest BCUT2D eigenvalue weighted by molar-refractivity contribution is 0.340. The molecular formula is C13H17N3OS. The van der Waals surface area contributed by atoms with Gasteiger partial charge < -0.3 is 10.1 Å².